The summed E-state index contributed by atoms with van der Waals surface area (Å²) in [6.07, 6.45) is 3.46. The number of anilines is 2. The van der Waals surface area contributed by atoms with Crippen LogP contribution >= 0.6 is 11.3 Å². The number of alkyl halides is 1. The van der Waals surface area contributed by atoms with Crippen molar-refractivity contribution in [3.8, 4) is 23.7 Å². The fourth-order valence-corrected chi connectivity index (χ4v) is 7.90. The predicted molar refractivity (Wildman–Crippen MR) is 160 cm³/mol. The Balaban J connectivity index is 1.39. The van der Waals surface area contributed by atoms with Crippen LogP contribution in [0.25, 0.3) is 11.6 Å². The van der Waals surface area contributed by atoms with Gasteiger partial charge in [0.15, 0.2) is 5.60 Å². The van der Waals surface area contributed by atoms with Gasteiger partial charge in [-0.05, 0) is 65.8 Å². The number of likely N-dealkylation sites (tertiary alicyclic amines) is 1. The van der Waals surface area contributed by atoms with Gasteiger partial charge in [0.2, 0.25) is 17.6 Å². The molecule has 2 fully saturated rings. The zero-order chi connectivity index (χ0) is 31.2. The molecule has 0 spiro atoms. The van der Waals surface area contributed by atoms with E-state index in [0.29, 0.717) is 61.0 Å². The van der Waals surface area contributed by atoms with Crippen molar-refractivity contribution in [2.75, 3.05) is 44.4 Å². The Kier molecular flexibility index (Phi) is 8.20. The molecule has 0 unspecified atom stereocenters. The van der Waals surface area contributed by atoms with E-state index in [2.05, 4.69) is 21.2 Å². The monoisotopic (exact) mass is 627 g/mol. The van der Waals surface area contributed by atoms with Crippen LogP contribution in [-0.2, 0) is 16.8 Å². The number of hydrogen-bond donors (Lipinski definition) is 2. The van der Waals surface area contributed by atoms with E-state index in [1.807, 2.05) is 23.8 Å². The summed E-state index contributed by atoms with van der Waals surface area (Å²) in [6, 6.07) is 2.11. The van der Waals surface area contributed by atoms with E-state index in [-0.39, 0.29) is 29.6 Å². The van der Waals surface area contributed by atoms with Gasteiger partial charge >= 0.3 is 6.01 Å². The second kappa shape index (κ2) is 11.8. The molecule has 5 atom stereocenters. The Bertz CT molecular complexity index is 1560. The molecule has 13 nitrogen and oxygen atoms in total. The van der Waals surface area contributed by atoms with Crippen molar-refractivity contribution in [2.24, 2.45) is 0 Å². The second-order valence-electron chi connectivity index (χ2n) is 12.3. The minimum atomic E-state index is -1.15. The third-order valence-corrected chi connectivity index (χ3v) is 10.0. The van der Waals surface area contributed by atoms with E-state index in [1.165, 1.54) is 11.3 Å². The lowest BCUT2D eigenvalue weighted by atomic mass is 9.80. The Morgan fingerprint density at radius 2 is 2.02 bits per heavy atom. The summed E-state index contributed by atoms with van der Waals surface area (Å²) >= 11 is 1.38. The smallest absolute Gasteiger partial charge is 0.322 e. The lowest BCUT2D eigenvalue weighted by Crippen LogP contribution is -2.40. The Labute approximate surface area is 259 Å². The Morgan fingerprint density at radius 1 is 1.20 bits per heavy atom. The van der Waals surface area contributed by atoms with Gasteiger partial charge in [0, 0.05) is 43.2 Å². The number of halogens is 1. The molecule has 0 radical (unpaired) electrons. The van der Waals surface area contributed by atoms with Crippen LogP contribution < -0.4 is 15.4 Å². The van der Waals surface area contributed by atoms with E-state index in [1.54, 1.807) is 14.0 Å². The average molecular weight is 628 g/mol. The summed E-state index contributed by atoms with van der Waals surface area (Å²) in [5.74, 6) is 0.691. The summed E-state index contributed by atoms with van der Waals surface area (Å²) in [6.45, 7) is 4.97. The number of ether oxygens (including phenoxy) is 2. The fraction of sp³-hybridized carbons (Fsp3) is 0.655. The number of aryl methyl sites for hydroxylation is 1. The van der Waals surface area contributed by atoms with Gasteiger partial charge in [-0.3, -0.25) is 4.90 Å². The van der Waals surface area contributed by atoms with Gasteiger partial charge in [-0.2, -0.15) is 25.2 Å². The van der Waals surface area contributed by atoms with E-state index in [0.717, 1.165) is 30.6 Å². The standard InChI is InChI=1S/C29H38FN9O4S/c1-16(19-12-17(30)14-38(19)3)42-27-35-23(34-26(36-27)39-11-6-5-9-28(2,40)15-39)24-33-25(43-37-24)29(41-4)10-7-8-20-21(29)18(13-31)22(32)44-20/h16-17,19,40H,5-12,14-15,32H2,1-4H3/t16-,17+,19-,28+,29+/m0/s1. The molecule has 1 aliphatic carbocycles. The molecule has 0 aromatic carbocycles. The molecule has 0 bridgehead atoms. The minimum Gasteiger partial charge on any atom is -0.459 e. The first-order valence-corrected chi connectivity index (χ1v) is 15.8. The zero-order valence-electron chi connectivity index (χ0n) is 25.4. The molecule has 3 aromatic rings. The molecule has 44 heavy (non-hydrogen) atoms. The number of β-amino-alcohol motifs (C(OH)–C–C–N with tert-alkyl or cyclic N) is 1. The molecular weight excluding hydrogens is 589 g/mol. The molecule has 0 amide bonds. The molecule has 3 aliphatic rings. The molecule has 6 rings (SSSR count). The van der Waals surface area contributed by atoms with Gasteiger partial charge in [-0.15, -0.1) is 11.3 Å². The number of hydrogen-bond acceptors (Lipinski definition) is 14. The number of fused-ring (bicyclic) bond motifs is 1. The van der Waals surface area contributed by atoms with Crippen LogP contribution in [0.3, 0.4) is 0 Å². The van der Waals surface area contributed by atoms with E-state index >= 15 is 0 Å². The van der Waals surface area contributed by atoms with Crippen molar-refractivity contribution < 1.29 is 23.5 Å². The maximum absolute atomic E-state index is 14.2. The second-order valence-corrected chi connectivity index (χ2v) is 13.5. The maximum Gasteiger partial charge on any atom is 0.322 e. The molecule has 15 heteroatoms. The van der Waals surface area contributed by atoms with Crippen molar-refractivity contribution in [1.82, 2.24) is 30.0 Å². The normalized spacial score (nSPS) is 28.3. The fourth-order valence-electron chi connectivity index (χ4n) is 6.77. The number of aliphatic hydroxyl groups is 1. The van der Waals surface area contributed by atoms with E-state index < -0.39 is 23.5 Å². The first kappa shape index (κ1) is 30.6. The molecule has 0 saturated carbocycles. The van der Waals surface area contributed by atoms with Crippen LogP contribution in [0.5, 0.6) is 6.01 Å². The van der Waals surface area contributed by atoms with Gasteiger partial charge in [0.25, 0.3) is 5.89 Å². The number of nitrogen functional groups attached to an aromatic ring is 1. The molecule has 3 N–H and O–H groups in total. The van der Waals surface area contributed by atoms with Crippen LogP contribution in [0.15, 0.2) is 4.52 Å². The number of thiophene rings is 1. The molecule has 5 heterocycles. The number of aromatic nitrogens is 5. The summed E-state index contributed by atoms with van der Waals surface area (Å²) < 4.78 is 32.2. The average Bonchev–Trinajstić information content (AvgIpc) is 3.67. The number of likely N-dealkylation sites (N-methyl/N-ethyl adjacent to an activating group) is 1. The lowest BCUT2D eigenvalue weighted by Gasteiger charge is -2.33. The Morgan fingerprint density at radius 3 is 2.75 bits per heavy atom. The lowest BCUT2D eigenvalue weighted by molar-refractivity contribution is -0.0178. The summed E-state index contributed by atoms with van der Waals surface area (Å²) in [7, 11) is 3.42. The van der Waals surface area contributed by atoms with Gasteiger partial charge in [-0.25, -0.2) is 4.39 Å². The highest BCUT2D eigenvalue weighted by atomic mass is 32.1. The number of nitrogens with zero attached hydrogens (tertiary/aromatic N) is 8. The molecule has 3 aromatic heterocycles. The maximum atomic E-state index is 14.2. The summed E-state index contributed by atoms with van der Waals surface area (Å²) in [4.78, 5) is 23.4. The van der Waals surface area contributed by atoms with E-state index in [4.69, 9.17) is 29.7 Å². The van der Waals surface area contributed by atoms with Crippen LogP contribution in [0.2, 0.25) is 0 Å². The third kappa shape index (κ3) is 5.60. The van der Waals surface area contributed by atoms with Crippen LogP contribution in [0.1, 0.15) is 74.3 Å². The highest BCUT2D eigenvalue weighted by Crippen LogP contribution is 2.49. The summed E-state index contributed by atoms with van der Waals surface area (Å²) in [5.41, 5.74) is 5.15. The van der Waals surface area contributed by atoms with Crippen LogP contribution in [-0.4, -0.2) is 92.8 Å². The van der Waals surface area contributed by atoms with Gasteiger partial charge in [-0.1, -0.05) is 5.16 Å². The van der Waals surface area contributed by atoms with Gasteiger partial charge in [0.05, 0.1) is 11.2 Å². The highest BCUT2D eigenvalue weighted by Gasteiger charge is 2.47. The topological polar surface area (TPSA) is 173 Å². The highest BCUT2D eigenvalue weighted by molar-refractivity contribution is 7.16. The van der Waals surface area contributed by atoms with Crippen molar-refractivity contribution in [1.29, 1.82) is 5.26 Å². The Hall–Kier alpha value is -3.45. The zero-order valence-corrected chi connectivity index (χ0v) is 26.2. The van der Waals surface area contributed by atoms with Crippen molar-refractivity contribution in [3.63, 3.8) is 0 Å². The minimum absolute atomic E-state index is 0.0437. The third-order valence-electron chi connectivity index (χ3n) is 8.97. The molecule has 2 aliphatic heterocycles. The number of rotatable bonds is 7. The van der Waals surface area contributed by atoms with E-state index in [9.17, 15) is 14.8 Å². The largest absolute Gasteiger partial charge is 0.459 e. The predicted octanol–water partition coefficient (Wildman–Crippen LogP) is 3.21. The van der Waals surface area contributed by atoms with Gasteiger partial charge in [0.1, 0.15) is 23.3 Å². The number of nitrogens with two attached hydrogens (primary N) is 1. The molecule has 2 saturated heterocycles. The van der Waals surface area contributed by atoms with Crippen molar-refractivity contribution in [3.05, 3.63) is 21.9 Å². The van der Waals surface area contributed by atoms with Gasteiger partial charge < -0.3 is 29.7 Å². The number of methoxy groups -OCH3 is 1. The first-order valence-electron chi connectivity index (χ1n) is 15.0. The SMILES string of the molecule is CO[C@]1(c2nc(-c3nc(O[C@@H](C)[C@@H]4C[C@@H](F)CN4C)nc(N4CCCC[C@@](C)(O)C4)n3)no2)CCCc2sc(N)c(C#N)c21. The number of nitriles is 1. The molecular formula is C29H38FN9O4S. The quantitative estimate of drug-likeness (QED) is 0.391. The summed E-state index contributed by atoms with van der Waals surface area (Å²) in [5, 5.41) is 25.5. The first-order chi connectivity index (χ1) is 21.0. The van der Waals surface area contributed by atoms with Crippen molar-refractivity contribution in [2.45, 2.75) is 88.3 Å². The van der Waals surface area contributed by atoms with Crippen LogP contribution in [0.4, 0.5) is 15.3 Å². The van der Waals surface area contributed by atoms with Crippen molar-refractivity contribution >= 4 is 22.3 Å². The van der Waals surface area contributed by atoms with Crippen LogP contribution in [0, 0.1) is 11.3 Å². The molecule has 236 valence electrons.